The lowest BCUT2D eigenvalue weighted by Crippen LogP contribution is -2.55. The van der Waals surface area contributed by atoms with Gasteiger partial charge in [0.05, 0.1) is 31.0 Å². The number of carbonyl (C=O) groups is 1. The van der Waals surface area contributed by atoms with Gasteiger partial charge in [-0.25, -0.2) is 4.79 Å². The fourth-order valence-corrected chi connectivity index (χ4v) is 2.82. The zero-order chi connectivity index (χ0) is 17.0. The molecule has 2 rings (SSSR count). The van der Waals surface area contributed by atoms with Gasteiger partial charge in [-0.2, -0.15) is 5.10 Å². The van der Waals surface area contributed by atoms with Crippen molar-refractivity contribution in [3.8, 4) is 0 Å². The molecule has 0 bridgehead atoms. The van der Waals surface area contributed by atoms with Crippen LogP contribution in [0.2, 0.25) is 0 Å². The van der Waals surface area contributed by atoms with E-state index in [0.717, 1.165) is 12.0 Å². The van der Waals surface area contributed by atoms with E-state index in [4.69, 9.17) is 4.74 Å². The fraction of sp³-hybridized carbons (Fsp3) is 0.750. The van der Waals surface area contributed by atoms with E-state index in [1.165, 1.54) is 0 Å². The van der Waals surface area contributed by atoms with Crippen molar-refractivity contribution >= 4 is 6.03 Å². The highest BCUT2D eigenvalue weighted by Gasteiger charge is 2.32. The Morgan fingerprint density at radius 2 is 2.30 bits per heavy atom. The molecule has 130 valence electrons. The molecule has 2 atom stereocenters. The molecule has 1 fully saturated rings. The first-order chi connectivity index (χ1) is 10.8. The monoisotopic (exact) mass is 323 g/mol. The second-order valence-corrected chi connectivity index (χ2v) is 6.69. The Labute approximate surface area is 138 Å². The Bertz CT molecular complexity index is 530. The van der Waals surface area contributed by atoms with Gasteiger partial charge in [-0.15, -0.1) is 0 Å². The molecule has 0 aromatic carbocycles. The Morgan fingerprint density at radius 3 is 2.87 bits per heavy atom. The molecule has 23 heavy (non-hydrogen) atoms. The summed E-state index contributed by atoms with van der Waals surface area (Å²) in [5.74, 6) is 0. The average molecular weight is 323 g/mol. The van der Waals surface area contributed by atoms with Crippen LogP contribution in [0.15, 0.2) is 12.4 Å². The molecule has 0 radical (unpaired) electrons. The standard InChI is InChI=1S/C16H29N5O2/c1-6-16(2)12-21(7-8-23-16)15(22)17-10-14(19(3)4)13-9-18-20(5)11-13/h9,11,14H,6-8,10,12H2,1-5H3,(H,17,22)/t14-,16-/m1/s1. The number of morpholine rings is 1. The van der Waals surface area contributed by atoms with E-state index in [1.807, 2.05) is 38.4 Å². The third-order valence-corrected chi connectivity index (χ3v) is 4.55. The first-order valence-electron chi connectivity index (χ1n) is 8.16. The highest BCUT2D eigenvalue weighted by atomic mass is 16.5. The van der Waals surface area contributed by atoms with E-state index < -0.39 is 0 Å². The van der Waals surface area contributed by atoms with Gasteiger partial charge >= 0.3 is 6.03 Å². The highest BCUT2D eigenvalue weighted by molar-refractivity contribution is 5.74. The molecule has 0 unspecified atom stereocenters. The number of ether oxygens (including phenoxy) is 1. The number of urea groups is 1. The number of carbonyl (C=O) groups excluding carboxylic acids is 1. The number of likely N-dealkylation sites (N-methyl/N-ethyl adjacent to an activating group) is 1. The smallest absolute Gasteiger partial charge is 0.317 e. The molecule has 0 aliphatic carbocycles. The van der Waals surface area contributed by atoms with Gasteiger partial charge in [0.15, 0.2) is 0 Å². The van der Waals surface area contributed by atoms with Crippen LogP contribution in [0.3, 0.4) is 0 Å². The van der Waals surface area contributed by atoms with Crippen LogP contribution in [0.25, 0.3) is 0 Å². The summed E-state index contributed by atoms with van der Waals surface area (Å²) >= 11 is 0. The number of hydrogen-bond donors (Lipinski definition) is 1. The Morgan fingerprint density at radius 1 is 1.57 bits per heavy atom. The van der Waals surface area contributed by atoms with Crippen molar-refractivity contribution in [3.63, 3.8) is 0 Å². The maximum Gasteiger partial charge on any atom is 0.317 e. The molecule has 1 aliphatic heterocycles. The maximum absolute atomic E-state index is 12.5. The van der Waals surface area contributed by atoms with E-state index in [2.05, 4.69) is 29.2 Å². The number of amides is 2. The second kappa shape index (κ2) is 7.31. The molecule has 1 N–H and O–H groups in total. The third kappa shape index (κ3) is 4.45. The molecule has 0 saturated carbocycles. The summed E-state index contributed by atoms with van der Waals surface area (Å²) in [6.07, 6.45) is 4.73. The van der Waals surface area contributed by atoms with E-state index in [9.17, 15) is 4.79 Å². The molecule has 7 heteroatoms. The number of hydrogen-bond acceptors (Lipinski definition) is 4. The molecule has 2 amide bonds. The lowest BCUT2D eigenvalue weighted by Gasteiger charge is -2.40. The Hall–Kier alpha value is -1.60. The van der Waals surface area contributed by atoms with E-state index in [1.54, 1.807) is 4.68 Å². The quantitative estimate of drug-likeness (QED) is 0.885. The number of aromatic nitrogens is 2. The maximum atomic E-state index is 12.5. The normalized spacial score (nSPS) is 23.1. The predicted molar refractivity (Wildman–Crippen MR) is 89.3 cm³/mol. The second-order valence-electron chi connectivity index (χ2n) is 6.69. The van der Waals surface area contributed by atoms with Crippen molar-refractivity contribution in [2.24, 2.45) is 7.05 Å². The summed E-state index contributed by atoms with van der Waals surface area (Å²) in [5.41, 5.74) is 0.859. The van der Waals surface area contributed by atoms with Crippen molar-refractivity contribution in [1.29, 1.82) is 0 Å². The molecular weight excluding hydrogens is 294 g/mol. The average Bonchev–Trinajstić information content (AvgIpc) is 2.93. The first-order valence-corrected chi connectivity index (χ1v) is 8.16. The van der Waals surface area contributed by atoms with Gasteiger partial charge in [-0.3, -0.25) is 4.68 Å². The SMILES string of the molecule is CC[C@]1(C)CN(C(=O)NC[C@H](c2cnn(C)c2)N(C)C)CCO1. The molecule has 7 nitrogen and oxygen atoms in total. The summed E-state index contributed by atoms with van der Waals surface area (Å²) < 4.78 is 7.57. The van der Waals surface area contributed by atoms with Crippen LogP contribution in [0, 0.1) is 0 Å². The van der Waals surface area contributed by atoms with E-state index in [0.29, 0.717) is 26.2 Å². The lowest BCUT2D eigenvalue weighted by molar-refractivity contribution is -0.0873. The number of nitrogens with one attached hydrogen (secondary N) is 1. The summed E-state index contributed by atoms with van der Waals surface area (Å²) in [6.45, 7) is 6.57. The summed E-state index contributed by atoms with van der Waals surface area (Å²) in [4.78, 5) is 16.4. The zero-order valence-corrected chi connectivity index (χ0v) is 14.9. The van der Waals surface area contributed by atoms with Gasteiger partial charge in [0.2, 0.25) is 0 Å². The Kier molecular flexibility index (Phi) is 5.64. The summed E-state index contributed by atoms with van der Waals surface area (Å²) in [5, 5.41) is 7.27. The minimum Gasteiger partial charge on any atom is -0.372 e. The van der Waals surface area contributed by atoms with Gasteiger partial charge in [-0.05, 0) is 27.4 Å². The van der Waals surface area contributed by atoms with Crippen LogP contribution in [0.1, 0.15) is 31.9 Å². The first kappa shape index (κ1) is 17.7. The number of aryl methyl sites for hydroxylation is 1. The lowest BCUT2D eigenvalue weighted by atomic mass is 10.0. The van der Waals surface area contributed by atoms with E-state index in [-0.39, 0.29) is 17.7 Å². The van der Waals surface area contributed by atoms with Gasteiger partial charge in [0.25, 0.3) is 0 Å². The predicted octanol–water partition coefficient (Wildman–Crippen LogP) is 1.23. The molecule has 0 spiro atoms. The van der Waals surface area contributed by atoms with Crippen LogP contribution in [-0.2, 0) is 11.8 Å². The Balaban J connectivity index is 1.94. The largest absolute Gasteiger partial charge is 0.372 e. The van der Waals surface area contributed by atoms with Crippen molar-refractivity contribution < 1.29 is 9.53 Å². The van der Waals surface area contributed by atoms with Gasteiger partial charge in [-0.1, -0.05) is 6.92 Å². The van der Waals surface area contributed by atoms with Crippen LogP contribution >= 0.6 is 0 Å². The van der Waals surface area contributed by atoms with Crippen LogP contribution < -0.4 is 5.32 Å². The third-order valence-electron chi connectivity index (χ3n) is 4.55. The number of nitrogens with zero attached hydrogens (tertiary/aromatic N) is 4. The minimum absolute atomic E-state index is 0.0243. The molecule has 1 aromatic heterocycles. The highest BCUT2D eigenvalue weighted by Crippen LogP contribution is 2.21. The van der Waals surface area contributed by atoms with Crippen molar-refractivity contribution in [1.82, 2.24) is 24.9 Å². The molecule has 1 saturated heterocycles. The topological polar surface area (TPSA) is 62.6 Å². The van der Waals surface area contributed by atoms with Crippen molar-refractivity contribution in [2.75, 3.05) is 40.3 Å². The van der Waals surface area contributed by atoms with Crippen LogP contribution in [0.5, 0.6) is 0 Å². The zero-order valence-electron chi connectivity index (χ0n) is 14.9. The summed E-state index contributed by atoms with van der Waals surface area (Å²) in [7, 11) is 5.91. The van der Waals surface area contributed by atoms with Crippen molar-refractivity contribution in [3.05, 3.63) is 18.0 Å². The van der Waals surface area contributed by atoms with E-state index >= 15 is 0 Å². The summed E-state index contributed by atoms with van der Waals surface area (Å²) in [6, 6.07) is 0.0787. The molecule has 2 heterocycles. The van der Waals surface area contributed by atoms with Gasteiger partial charge in [0, 0.05) is 31.9 Å². The molecular formula is C16H29N5O2. The molecule has 1 aromatic rings. The van der Waals surface area contributed by atoms with Crippen molar-refractivity contribution in [2.45, 2.75) is 31.9 Å². The number of rotatable bonds is 5. The van der Waals surface area contributed by atoms with Gasteiger partial charge < -0.3 is 19.9 Å². The minimum atomic E-state index is -0.236. The van der Waals surface area contributed by atoms with Crippen LogP contribution in [0.4, 0.5) is 4.79 Å². The van der Waals surface area contributed by atoms with Crippen LogP contribution in [-0.4, -0.2) is 71.5 Å². The van der Waals surface area contributed by atoms with Gasteiger partial charge in [0.1, 0.15) is 0 Å². The molecule has 1 aliphatic rings. The fourth-order valence-electron chi connectivity index (χ4n) is 2.82.